The van der Waals surface area contributed by atoms with E-state index in [1.165, 1.54) is 16.7 Å². The van der Waals surface area contributed by atoms with Gasteiger partial charge in [-0.15, -0.1) is 11.8 Å². The van der Waals surface area contributed by atoms with Crippen molar-refractivity contribution in [3.63, 3.8) is 0 Å². The third-order valence-corrected chi connectivity index (χ3v) is 6.03. The number of benzene rings is 1. The lowest BCUT2D eigenvalue weighted by Gasteiger charge is -2.18. The highest BCUT2D eigenvalue weighted by Gasteiger charge is 2.09. The number of aliphatic hydroxyl groups excluding tert-OH is 1. The number of carbonyl (C=O) groups excluding carboxylic acids is 1. The van der Waals surface area contributed by atoms with E-state index in [0.717, 1.165) is 31.0 Å². The molecule has 1 amide bonds. The molecule has 3 N–H and O–H groups in total. The molecule has 0 spiro atoms. The Kier molecular flexibility index (Phi) is 13.5. The molecule has 0 saturated heterocycles. The van der Waals surface area contributed by atoms with Gasteiger partial charge in [0.2, 0.25) is 5.91 Å². The number of hydrogen-bond acceptors (Lipinski definition) is 7. The monoisotopic (exact) mass is 452 g/mol. The minimum Gasteiger partial charge on any atom is -0.496 e. The number of carbonyl (C=O) groups is 1. The Morgan fingerprint density at radius 3 is 2.77 bits per heavy atom. The Morgan fingerprint density at radius 1 is 1.35 bits per heavy atom. The molecule has 1 rings (SSSR count). The van der Waals surface area contributed by atoms with E-state index < -0.39 is 6.23 Å². The van der Waals surface area contributed by atoms with Gasteiger partial charge in [0.1, 0.15) is 12.0 Å². The van der Waals surface area contributed by atoms with Crippen LogP contribution in [0.15, 0.2) is 17.1 Å². The van der Waals surface area contributed by atoms with Crippen LogP contribution in [0.4, 0.5) is 0 Å². The van der Waals surface area contributed by atoms with Crippen LogP contribution >= 0.6 is 11.8 Å². The first-order chi connectivity index (χ1) is 14.8. The van der Waals surface area contributed by atoms with Gasteiger partial charge in [-0.05, 0) is 56.5 Å². The molecule has 0 aliphatic rings. The van der Waals surface area contributed by atoms with Crippen LogP contribution in [0.2, 0.25) is 0 Å². The van der Waals surface area contributed by atoms with Gasteiger partial charge in [0.05, 0.1) is 19.2 Å². The Bertz CT molecular complexity index is 700. The van der Waals surface area contributed by atoms with Gasteiger partial charge in [-0.25, -0.2) is 0 Å². The largest absolute Gasteiger partial charge is 0.496 e. The molecule has 1 aromatic rings. The van der Waals surface area contributed by atoms with Crippen LogP contribution in [0.25, 0.3) is 0 Å². The molecule has 2 unspecified atom stereocenters. The summed E-state index contributed by atoms with van der Waals surface area (Å²) in [6.07, 6.45) is 0.769. The molecular weight excluding hydrogens is 412 g/mol. The predicted octanol–water partition coefficient (Wildman–Crippen LogP) is 2.72. The minimum atomic E-state index is -0.664. The first-order valence-corrected chi connectivity index (χ1v) is 12.0. The molecule has 0 radical (unpaired) electrons. The van der Waals surface area contributed by atoms with Crippen LogP contribution in [0.3, 0.4) is 0 Å². The quantitative estimate of drug-likeness (QED) is 0.164. The predicted molar refractivity (Wildman–Crippen MR) is 131 cm³/mol. The smallest absolute Gasteiger partial charge is 0.222 e. The summed E-state index contributed by atoms with van der Waals surface area (Å²) in [5, 5.41) is 16.7. The topological polar surface area (TPSA) is 86.2 Å². The Balaban J connectivity index is 2.18. The fraction of sp³-hybridized carbons (Fsp3) is 0.652. The molecule has 7 nitrogen and oxygen atoms in total. The van der Waals surface area contributed by atoms with Crippen molar-refractivity contribution in [1.29, 1.82) is 0 Å². The highest BCUT2D eigenvalue weighted by atomic mass is 32.2. The molecule has 0 saturated carbocycles. The van der Waals surface area contributed by atoms with Crippen molar-refractivity contribution in [2.75, 3.05) is 39.5 Å². The molecule has 176 valence electrons. The molecule has 0 aromatic heterocycles. The third kappa shape index (κ3) is 10.5. The maximum Gasteiger partial charge on any atom is 0.222 e. The van der Waals surface area contributed by atoms with Gasteiger partial charge in [0.25, 0.3) is 0 Å². The van der Waals surface area contributed by atoms with Gasteiger partial charge in [0.15, 0.2) is 0 Å². The second kappa shape index (κ2) is 15.2. The highest BCUT2D eigenvalue weighted by molar-refractivity contribution is 8.12. The second-order valence-electron chi connectivity index (χ2n) is 7.74. The van der Waals surface area contributed by atoms with E-state index in [4.69, 9.17) is 4.74 Å². The average Bonchev–Trinajstić information content (AvgIpc) is 2.75. The Hall–Kier alpha value is -1.61. The van der Waals surface area contributed by atoms with Crippen molar-refractivity contribution in [1.82, 2.24) is 15.5 Å². The van der Waals surface area contributed by atoms with Crippen LogP contribution in [0.5, 0.6) is 5.75 Å². The van der Waals surface area contributed by atoms with E-state index >= 15 is 0 Å². The van der Waals surface area contributed by atoms with E-state index in [1.807, 2.05) is 20.0 Å². The molecule has 2 atom stereocenters. The SMILES string of the molecule is CCC(=O)N(C)CCSC=NCC(O)NC(C)CCNCc1ccc(OC)c(C)c1C. The number of hydrogen-bond donors (Lipinski definition) is 3. The van der Waals surface area contributed by atoms with Gasteiger partial charge in [-0.3, -0.25) is 15.1 Å². The van der Waals surface area contributed by atoms with E-state index in [1.54, 1.807) is 29.3 Å². The van der Waals surface area contributed by atoms with Crippen LogP contribution in [0.1, 0.15) is 43.4 Å². The van der Waals surface area contributed by atoms with E-state index in [9.17, 15) is 9.90 Å². The number of rotatable bonds is 15. The van der Waals surface area contributed by atoms with Gasteiger partial charge >= 0.3 is 0 Å². The second-order valence-corrected chi connectivity index (χ2v) is 8.69. The number of aliphatic hydroxyl groups is 1. The maximum absolute atomic E-state index is 11.5. The Labute approximate surface area is 192 Å². The summed E-state index contributed by atoms with van der Waals surface area (Å²) < 4.78 is 5.37. The number of nitrogens with one attached hydrogen (secondary N) is 2. The van der Waals surface area contributed by atoms with Crippen LogP contribution in [0, 0.1) is 13.8 Å². The van der Waals surface area contributed by atoms with Crippen LogP contribution in [-0.4, -0.2) is 73.3 Å². The van der Waals surface area contributed by atoms with Crippen molar-refractivity contribution >= 4 is 23.2 Å². The summed E-state index contributed by atoms with van der Waals surface area (Å²) in [6, 6.07) is 4.30. The molecule has 0 heterocycles. The summed E-state index contributed by atoms with van der Waals surface area (Å²) in [7, 11) is 3.51. The van der Waals surface area contributed by atoms with E-state index in [2.05, 4.69) is 42.5 Å². The zero-order chi connectivity index (χ0) is 23.2. The molecule has 8 heteroatoms. The Morgan fingerprint density at radius 2 is 2.10 bits per heavy atom. The molecule has 0 aliphatic carbocycles. The third-order valence-electron chi connectivity index (χ3n) is 5.32. The zero-order valence-corrected chi connectivity index (χ0v) is 20.7. The summed E-state index contributed by atoms with van der Waals surface area (Å²) in [6.45, 7) is 10.8. The molecule has 0 fully saturated rings. The van der Waals surface area contributed by atoms with E-state index in [0.29, 0.717) is 19.5 Å². The molecule has 0 aliphatic heterocycles. The molecule has 31 heavy (non-hydrogen) atoms. The fourth-order valence-electron chi connectivity index (χ4n) is 3.10. The van der Waals surface area contributed by atoms with Crippen molar-refractivity contribution in [2.45, 2.75) is 59.4 Å². The normalized spacial score (nSPS) is 13.4. The highest BCUT2D eigenvalue weighted by Crippen LogP contribution is 2.23. The summed E-state index contributed by atoms with van der Waals surface area (Å²) in [5.74, 6) is 1.87. The van der Waals surface area contributed by atoms with Crippen molar-refractivity contribution in [3.05, 3.63) is 28.8 Å². The number of nitrogens with zero attached hydrogens (tertiary/aromatic N) is 2. The zero-order valence-electron chi connectivity index (χ0n) is 19.9. The van der Waals surface area contributed by atoms with Gasteiger partial charge in [-0.2, -0.15) is 0 Å². The first kappa shape index (κ1) is 27.4. The number of methoxy groups -OCH3 is 1. The summed E-state index contributed by atoms with van der Waals surface area (Å²) >= 11 is 1.55. The summed E-state index contributed by atoms with van der Waals surface area (Å²) in [4.78, 5) is 17.5. The fourth-order valence-corrected chi connectivity index (χ4v) is 3.78. The lowest BCUT2D eigenvalue weighted by Crippen LogP contribution is -2.39. The first-order valence-electron chi connectivity index (χ1n) is 10.9. The van der Waals surface area contributed by atoms with Gasteiger partial charge in [-0.1, -0.05) is 13.0 Å². The van der Waals surface area contributed by atoms with Crippen molar-refractivity contribution in [2.24, 2.45) is 4.99 Å². The number of amides is 1. The van der Waals surface area contributed by atoms with Gasteiger partial charge < -0.3 is 20.1 Å². The van der Waals surface area contributed by atoms with E-state index in [-0.39, 0.29) is 11.9 Å². The van der Waals surface area contributed by atoms with Crippen LogP contribution < -0.4 is 15.4 Å². The molecule has 1 aromatic carbocycles. The standard InChI is InChI=1S/C23H40N4O3S/c1-7-23(29)27(5)12-13-31-16-25-15-22(28)26-17(2)10-11-24-14-20-8-9-21(30-6)19(4)18(20)3/h8-9,16-17,22,24,26,28H,7,10-15H2,1-6H3. The average molecular weight is 453 g/mol. The molecular formula is C23H40N4O3S. The number of ether oxygens (including phenoxy) is 1. The lowest BCUT2D eigenvalue weighted by atomic mass is 10.0. The van der Waals surface area contributed by atoms with Crippen LogP contribution in [-0.2, 0) is 11.3 Å². The van der Waals surface area contributed by atoms with Crippen molar-refractivity contribution in [3.8, 4) is 5.75 Å². The maximum atomic E-state index is 11.5. The minimum absolute atomic E-state index is 0.148. The lowest BCUT2D eigenvalue weighted by molar-refractivity contribution is -0.129. The van der Waals surface area contributed by atoms with Crippen molar-refractivity contribution < 1.29 is 14.6 Å². The number of aliphatic imine (C=N–C) groups is 1. The summed E-state index contributed by atoms with van der Waals surface area (Å²) in [5.41, 5.74) is 5.46. The number of thioether (sulfide) groups is 1. The molecule has 0 bridgehead atoms. The van der Waals surface area contributed by atoms with Gasteiger partial charge in [0, 0.05) is 38.4 Å².